The van der Waals surface area contributed by atoms with Crippen LogP contribution in [0.2, 0.25) is 0 Å². The number of rotatable bonds is 1. The molecule has 3 aromatic rings. The molecule has 108 valence electrons. The van der Waals surface area contributed by atoms with Crippen molar-refractivity contribution in [2.45, 2.75) is 12.9 Å². The lowest BCUT2D eigenvalue weighted by molar-refractivity contribution is 0.774. The second kappa shape index (κ2) is 5.03. The maximum absolute atomic E-state index is 9.38. The van der Waals surface area contributed by atoms with Crippen LogP contribution in [-0.2, 0) is 0 Å². The lowest BCUT2D eigenvalue weighted by Gasteiger charge is -2.38. The van der Waals surface area contributed by atoms with Gasteiger partial charge in [0.05, 0.1) is 7.39 Å². The second-order valence-electron chi connectivity index (χ2n) is 5.84. The molecule has 1 heteroatoms. The van der Waals surface area contributed by atoms with Crippen molar-refractivity contribution < 1.29 is 1.37 Å². The Morgan fingerprint density at radius 2 is 1.45 bits per heavy atom. The van der Waals surface area contributed by atoms with E-state index in [9.17, 15) is 1.37 Å². The Morgan fingerprint density at radius 3 is 2.23 bits per heavy atom. The predicted octanol–water partition coefficient (Wildman–Crippen LogP) is 5.20. The van der Waals surface area contributed by atoms with Crippen molar-refractivity contribution in [3.8, 4) is 11.1 Å². The van der Waals surface area contributed by atoms with Crippen LogP contribution in [0.25, 0.3) is 11.1 Å². The quantitative estimate of drug-likeness (QED) is 0.594. The predicted molar refractivity (Wildman–Crippen MR) is 93.3 cm³/mol. The zero-order valence-corrected chi connectivity index (χ0v) is 12.9. The van der Waals surface area contributed by atoms with E-state index >= 15 is 0 Å². The highest BCUT2D eigenvalue weighted by Crippen LogP contribution is 2.45. The van der Waals surface area contributed by atoms with E-state index in [0.717, 1.165) is 22.4 Å². The van der Waals surface area contributed by atoms with Gasteiger partial charge in [-0.1, -0.05) is 72.3 Å². The summed E-state index contributed by atoms with van der Waals surface area (Å²) in [6.45, 7) is 2.08. The van der Waals surface area contributed by atoms with E-state index in [1.807, 2.05) is 19.2 Å². The first-order valence-corrected chi connectivity index (χ1v) is 7.62. The number of anilines is 1. The van der Waals surface area contributed by atoms with Crippen molar-refractivity contribution in [2.24, 2.45) is 0 Å². The third-order valence-corrected chi connectivity index (χ3v) is 4.40. The average Bonchev–Trinajstić information content (AvgIpc) is 2.60. The first-order valence-electron chi connectivity index (χ1n) is 8.12. The highest BCUT2D eigenvalue weighted by atomic mass is 15.1. The summed E-state index contributed by atoms with van der Waals surface area (Å²) in [6, 6.07) is 24.0. The Morgan fingerprint density at radius 1 is 0.818 bits per heavy atom. The van der Waals surface area contributed by atoms with Crippen LogP contribution >= 0.6 is 0 Å². The van der Waals surface area contributed by atoms with Gasteiger partial charge in [0.2, 0.25) is 0 Å². The molecule has 0 amide bonds. The molecule has 1 nitrogen and oxygen atoms in total. The van der Waals surface area contributed by atoms with E-state index in [1.165, 1.54) is 11.1 Å². The zero-order chi connectivity index (χ0) is 16.0. The molecule has 0 N–H and O–H groups in total. The second-order valence-corrected chi connectivity index (χ2v) is 5.84. The van der Waals surface area contributed by atoms with E-state index in [2.05, 4.69) is 72.5 Å². The summed E-state index contributed by atoms with van der Waals surface area (Å²) >= 11 is 0. The normalized spacial score (nSPS) is 20.1. The first kappa shape index (κ1) is 12.0. The van der Waals surface area contributed by atoms with Crippen LogP contribution in [0.3, 0.4) is 0 Å². The monoisotopic (exact) mass is 286 g/mol. The van der Waals surface area contributed by atoms with E-state index in [0.29, 0.717) is 0 Å². The smallest absolute Gasteiger partial charge is 0.0798 e. The van der Waals surface area contributed by atoms with E-state index in [-0.39, 0.29) is 0 Å². The standard InChI is InChI=1S/C21H19N/c1-15-11-13-16(14-12-15)21-19-9-4-3-7-17(19)18-8-5-6-10-20(18)22(21)2/h3-14,21H,1-2H3/i21D. The van der Waals surface area contributed by atoms with E-state index in [4.69, 9.17) is 0 Å². The van der Waals surface area contributed by atoms with Crippen molar-refractivity contribution in [3.63, 3.8) is 0 Å². The van der Waals surface area contributed by atoms with Crippen molar-refractivity contribution >= 4 is 5.69 Å². The SMILES string of the molecule is [2H]C1(c2ccc(C)cc2)c2ccccc2-c2ccccc2N1C. The zero-order valence-electron chi connectivity index (χ0n) is 13.9. The van der Waals surface area contributed by atoms with Gasteiger partial charge in [-0.15, -0.1) is 0 Å². The summed E-state index contributed by atoms with van der Waals surface area (Å²) in [4.78, 5) is 2.08. The lowest BCUT2D eigenvalue weighted by atomic mass is 9.85. The highest BCUT2D eigenvalue weighted by molar-refractivity contribution is 5.85. The average molecular weight is 286 g/mol. The van der Waals surface area contributed by atoms with E-state index < -0.39 is 6.02 Å². The van der Waals surface area contributed by atoms with E-state index in [1.54, 1.807) is 0 Å². The molecule has 0 bridgehead atoms. The minimum absolute atomic E-state index is 0.918. The molecule has 22 heavy (non-hydrogen) atoms. The molecule has 1 atom stereocenters. The Kier molecular flexibility index (Phi) is 2.75. The molecule has 1 aliphatic heterocycles. The number of nitrogens with zero attached hydrogens (tertiary/aromatic N) is 1. The molecule has 0 spiro atoms. The maximum atomic E-state index is 9.38. The van der Waals surface area contributed by atoms with Crippen LogP contribution in [0.1, 0.15) is 24.1 Å². The molecule has 0 aromatic heterocycles. The molecule has 0 saturated carbocycles. The molecular weight excluding hydrogens is 266 g/mol. The third kappa shape index (κ3) is 1.93. The van der Waals surface area contributed by atoms with Gasteiger partial charge in [-0.25, -0.2) is 0 Å². The van der Waals surface area contributed by atoms with Crippen molar-refractivity contribution in [3.05, 3.63) is 89.5 Å². The van der Waals surface area contributed by atoms with Crippen LogP contribution in [0.5, 0.6) is 0 Å². The molecule has 0 aliphatic carbocycles. The fourth-order valence-corrected chi connectivity index (χ4v) is 3.28. The molecule has 0 saturated heterocycles. The van der Waals surface area contributed by atoms with Crippen LogP contribution in [0.15, 0.2) is 72.8 Å². The lowest BCUT2D eigenvalue weighted by Crippen LogP contribution is -2.29. The number of hydrogen-bond donors (Lipinski definition) is 0. The van der Waals surface area contributed by atoms with Gasteiger partial charge in [-0.3, -0.25) is 0 Å². The number of hydrogen-bond acceptors (Lipinski definition) is 1. The fourth-order valence-electron chi connectivity index (χ4n) is 3.28. The summed E-state index contributed by atoms with van der Waals surface area (Å²) in [5.74, 6) is 0. The van der Waals surface area contributed by atoms with Crippen molar-refractivity contribution in [1.29, 1.82) is 0 Å². The first-order chi connectivity index (χ1) is 11.1. The molecule has 0 radical (unpaired) electrons. The maximum Gasteiger partial charge on any atom is 0.0798 e. The summed E-state index contributed by atoms with van der Waals surface area (Å²) in [5.41, 5.74) is 6.68. The Hall–Kier alpha value is -2.54. The van der Waals surface area contributed by atoms with Gasteiger partial charge in [0, 0.05) is 18.3 Å². The number of para-hydroxylation sites is 1. The summed E-state index contributed by atoms with van der Waals surface area (Å²) in [7, 11) is 2.02. The molecule has 0 fully saturated rings. The number of aryl methyl sites for hydroxylation is 1. The van der Waals surface area contributed by atoms with Gasteiger partial charge >= 0.3 is 0 Å². The summed E-state index contributed by atoms with van der Waals surface area (Å²) < 4.78 is 9.38. The minimum atomic E-state index is -0.918. The summed E-state index contributed by atoms with van der Waals surface area (Å²) in [6.07, 6.45) is 0. The highest BCUT2D eigenvalue weighted by Gasteiger charge is 2.29. The van der Waals surface area contributed by atoms with Gasteiger partial charge in [-0.05, 0) is 29.7 Å². The van der Waals surface area contributed by atoms with Gasteiger partial charge in [-0.2, -0.15) is 0 Å². The van der Waals surface area contributed by atoms with Crippen molar-refractivity contribution in [1.82, 2.24) is 0 Å². The molecule has 4 rings (SSSR count). The Bertz CT molecular complexity index is 869. The molecule has 3 aromatic carbocycles. The van der Waals surface area contributed by atoms with Gasteiger partial charge in [0.1, 0.15) is 0 Å². The van der Waals surface area contributed by atoms with Gasteiger partial charge < -0.3 is 4.90 Å². The van der Waals surface area contributed by atoms with Crippen LogP contribution in [-0.4, -0.2) is 7.05 Å². The number of fused-ring (bicyclic) bond motifs is 3. The Balaban J connectivity index is 2.03. The summed E-state index contributed by atoms with van der Waals surface area (Å²) in [5, 5.41) is 0. The molecule has 1 aliphatic rings. The molecule has 1 unspecified atom stereocenters. The van der Waals surface area contributed by atoms with Crippen LogP contribution in [0.4, 0.5) is 5.69 Å². The molecule has 1 heterocycles. The molecular formula is C21H19N. The van der Waals surface area contributed by atoms with Gasteiger partial charge in [0.25, 0.3) is 0 Å². The van der Waals surface area contributed by atoms with Crippen molar-refractivity contribution in [2.75, 3.05) is 11.9 Å². The van der Waals surface area contributed by atoms with Crippen LogP contribution in [0, 0.1) is 6.92 Å². The van der Waals surface area contributed by atoms with Crippen LogP contribution < -0.4 is 4.90 Å². The fraction of sp³-hybridized carbons (Fsp3) is 0.143. The van der Waals surface area contributed by atoms with Gasteiger partial charge in [0.15, 0.2) is 0 Å². The third-order valence-electron chi connectivity index (χ3n) is 4.40. The minimum Gasteiger partial charge on any atom is -0.363 e. The number of benzene rings is 3. The largest absolute Gasteiger partial charge is 0.363 e. The topological polar surface area (TPSA) is 3.24 Å². The Labute approximate surface area is 133 Å².